The summed E-state index contributed by atoms with van der Waals surface area (Å²) in [5.74, 6) is 0. The van der Waals surface area contributed by atoms with Crippen LogP contribution < -0.4 is 0 Å². The first-order chi connectivity index (χ1) is 5.83. The number of aliphatic hydroxyl groups is 1. The Kier molecular flexibility index (Phi) is 3.78. The van der Waals surface area contributed by atoms with Gasteiger partial charge in [0.15, 0.2) is 0 Å². The molecule has 0 aromatic rings. The Hall–Kier alpha value is -0.850. The maximum Gasteiger partial charge on any atom is 0.0909 e. The number of nitriles is 1. The molecule has 0 aromatic carbocycles. The second-order valence-corrected chi connectivity index (χ2v) is 3.09. The second kappa shape index (κ2) is 4.91. The summed E-state index contributed by atoms with van der Waals surface area (Å²) in [6, 6.07) is 1.95. The molecule has 1 rings (SSSR count). The normalized spacial score (nSPS) is 25.8. The van der Waals surface area contributed by atoms with Crippen LogP contribution in [0.25, 0.3) is 0 Å². The minimum Gasteiger partial charge on any atom is -0.392 e. The van der Waals surface area contributed by atoms with Crippen molar-refractivity contribution >= 4 is 0 Å². The Balaban J connectivity index is 2.23. The lowest BCUT2D eigenvalue weighted by atomic mass is 10.1. The van der Waals surface area contributed by atoms with Crippen LogP contribution in [0.3, 0.4) is 0 Å². The summed E-state index contributed by atoms with van der Waals surface area (Å²) in [5.41, 5.74) is 0. The summed E-state index contributed by atoms with van der Waals surface area (Å²) in [6.45, 7) is 2.56. The van der Waals surface area contributed by atoms with Crippen LogP contribution in [0.1, 0.15) is 12.8 Å². The number of hydrogen-bond acceptors (Lipinski definition) is 3. The minimum absolute atomic E-state index is 0.172. The van der Waals surface area contributed by atoms with Gasteiger partial charge >= 0.3 is 0 Å². The quantitative estimate of drug-likeness (QED) is 0.608. The number of β-amino-alcohol motifs (C(OH)–C–C–N with tert-alkyl or cyclic N) is 1. The van der Waals surface area contributed by atoms with Gasteiger partial charge in [0, 0.05) is 19.2 Å². The standard InChI is InChI=1S/C9H14N2O/c10-5-1-2-6-11-7-3-4-9(12)8-11/h1-2,9,12H,3-4,6-8H2/b2-1+. The van der Waals surface area contributed by atoms with Crippen molar-refractivity contribution in [3.63, 3.8) is 0 Å². The van der Waals surface area contributed by atoms with E-state index in [1.165, 1.54) is 6.08 Å². The average molecular weight is 166 g/mol. The van der Waals surface area contributed by atoms with E-state index in [1.807, 2.05) is 12.1 Å². The number of nitrogens with zero attached hydrogens (tertiary/aromatic N) is 2. The van der Waals surface area contributed by atoms with Gasteiger partial charge in [0.2, 0.25) is 0 Å². The monoisotopic (exact) mass is 166 g/mol. The summed E-state index contributed by atoms with van der Waals surface area (Å²) >= 11 is 0. The van der Waals surface area contributed by atoms with E-state index in [9.17, 15) is 5.11 Å². The summed E-state index contributed by atoms with van der Waals surface area (Å²) in [4.78, 5) is 2.15. The topological polar surface area (TPSA) is 47.3 Å². The zero-order valence-electron chi connectivity index (χ0n) is 7.11. The van der Waals surface area contributed by atoms with Gasteiger partial charge in [-0.3, -0.25) is 4.90 Å². The zero-order valence-corrected chi connectivity index (χ0v) is 7.11. The Bertz CT molecular complexity index is 195. The van der Waals surface area contributed by atoms with E-state index in [2.05, 4.69) is 4.90 Å². The summed E-state index contributed by atoms with van der Waals surface area (Å²) < 4.78 is 0. The third kappa shape index (κ3) is 3.04. The Morgan fingerprint density at radius 3 is 3.17 bits per heavy atom. The molecule has 0 amide bonds. The molecule has 1 saturated heterocycles. The van der Waals surface area contributed by atoms with Crippen LogP contribution in [0.4, 0.5) is 0 Å². The van der Waals surface area contributed by atoms with Crippen LogP contribution in [0.5, 0.6) is 0 Å². The number of aliphatic hydroxyl groups excluding tert-OH is 1. The molecule has 1 aliphatic heterocycles. The van der Waals surface area contributed by atoms with Gasteiger partial charge in [-0.05, 0) is 19.4 Å². The van der Waals surface area contributed by atoms with Gasteiger partial charge in [-0.25, -0.2) is 0 Å². The lowest BCUT2D eigenvalue weighted by Crippen LogP contribution is -2.38. The van der Waals surface area contributed by atoms with Crippen molar-refractivity contribution in [1.29, 1.82) is 5.26 Å². The first kappa shape index (κ1) is 9.24. The Morgan fingerprint density at radius 2 is 2.50 bits per heavy atom. The largest absolute Gasteiger partial charge is 0.392 e. The zero-order chi connectivity index (χ0) is 8.81. The van der Waals surface area contributed by atoms with E-state index in [0.29, 0.717) is 0 Å². The van der Waals surface area contributed by atoms with Crippen molar-refractivity contribution in [3.05, 3.63) is 12.2 Å². The highest BCUT2D eigenvalue weighted by atomic mass is 16.3. The molecule has 66 valence electrons. The Labute approximate surface area is 72.9 Å². The molecule has 1 fully saturated rings. The summed E-state index contributed by atoms with van der Waals surface area (Å²) in [7, 11) is 0. The summed E-state index contributed by atoms with van der Waals surface area (Å²) in [5, 5.41) is 17.5. The number of likely N-dealkylation sites (tertiary alicyclic amines) is 1. The average Bonchev–Trinajstić information content (AvgIpc) is 2.05. The fourth-order valence-electron chi connectivity index (χ4n) is 1.45. The maximum absolute atomic E-state index is 9.31. The smallest absolute Gasteiger partial charge is 0.0909 e. The van der Waals surface area contributed by atoms with Gasteiger partial charge in [-0.15, -0.1) is 0 Å². The molecule has 12 heavy (non-hydrogen) atoms. The van der Waals surface area contributed by atoms with Crippen LogP contribution in [-0.2, 0) is 0 Å². The highest BCUT2D eigenvalue weighted by molar-refractivity contribution is 5.02. The highest BCUT2D eigenvalue weighted by Gasteiger charge is 2.15. The fraction of sp³-hybridized carbons (Fsp3) is 0.667. The van der Waals surface area contributed by atoms with Crippen molar-refractivity contribution in [3.8, 4) is 6.07 Å². The number of piperidine rings is 1. The van der Waals surface area contributed by atoms with Gasteiger partial charge in [0.25, 0.3) is 0 Å². The number of allylic oxidation sites excluding steroid dienone is 1. The molecule has 0 aliphatic carbocycles. The van der Waals surface area contributed by atoms with E-state index >= 15 is 0 Å². The first-order valence-corrected chi connectivity index (χ1v) is 4.28. The SMILES string of the molecule is N#C/C=C/CN1CCCC(O)C1. The van der Waals surface area contributed by atoms with Crippen molar-refractivity contribution < 1.29 is 5.11 Å². The predicted octanol–water partition coefficient (Wildman–Crippen LogP) is 0.523. The molecule has 0 spiro atoms. The minimum atomic E-state index is -0.172. The molecule has 3 nitrogen and oxygen atoms in total. The van der Waals surface area contributed by atoms with Crippen LogP contribution in [-0.4, -0.2) is 35.7 Å². The van der Waals surface area contributed by atoms with E-state index < -0.39 is 0 Å². The molecule has 1 atom stereocenters. The van der Waals surface area contributed by atoms with Gasteiger partial charge in [-0.2, -0.15) is 5.26 Å². The van der Waals surface area contributed by atoms with Gasteiger partial charge in [-0.1, -0.05) is 6.08 Å². The highest BCUT2D eigenvalue weighted by Crippen LogP contribution is 2.08. The number of hydrogen-bond donors (Lipinski definition) is 1. The van der Waals surface area contributed by atoms with Crippen molar-refractivity contribution in [2.75, 3.05) is 19.6 Å². The molecule has 0 bridgehead atoms. The van der Waals surface area contributed by atoms with Crippen molar-refractivity contribution in [2.45, 2.75) is 18.9 Å². The molecular formula is C9H14N2O. The van der Waals surface area contributed by atoms with Gasteiger partial charge < -0.3 is 5.11 Å². The molecule has 3 heteroatoms. The predicted molar refractivity (Wildman–Crippen MR) is 46.4 cm³/mol. The van der Waals surface area contributed by atoms with Gasteiger partial charge in [0.05, 0.1) is 12.2 Å². The van der Waals surface area contributed by atoms with Gasteiger partial charge in [0.1, 0.15) is 0 Å². The first-order valence-electron chi connectivity index (χ1n) is 4.28. The Morgan fingerprint density at radius 1 is 1.67 bits per heavy atom. The molecule has 0 radical (unpaired) electrons. The molecule has 0 saturated carbocycles. The third-order valence-electron chi connectivity index (χ3n) is 2.04. The molecule has 1 aliphatic rings. The van der Waals surface area contributed by atoms with Crippen molar-refractivity contribution in [1.82, 2.24) is 4.90 Å². The van der Waals surface area contributed by atoms with E-state index in [-0.39, 0.29) is 6.10 Å². The second-order valence-electron chi connectivity index (χ2n) is 3.09. The number of rotatable bonds is 2. The summed E-state index contributed by atoms with van der Waals surface area (Å²) in [6.07, 6.45) is 5.12. The van der Waals surface area contributed by atoms with Crippen LogP contribution in [0.2, 0.25) is 0 Å². The molecule has 1 N–H and O–H groups in total. The van der Waals surface area contributed by atoms with Crippen LogP contribution in [0, 0.1) is 11.3 Å². The van der Waals surface area contributed by atoms with E-state index in [4.69, 9.17) is 5.26 Å². The van der Waals surface area contributed by atoms with E-state index in [1.54, 1.807) is 0 Å². The molecule has 1 heterocycles. The van der Waals surface area contributed by atoms with E-state index in [0.717, 1.165) is 32.5 Å². The van der Waals surface area contributed by atoms with Crippen LogP contribution in [0.15, 0.2) is 12.2 Å². The molecule has 0 aromatic heterocycles. The lowest BCUT2D eigenvalue weighted by molar-refractivity contribution is 0.0770. The maximum atomic E-state index is 9.31. The third-order valence-corrected chi connectivity index (χ3v) is 2.04. The molecule has 1 unspecified atom stereocenters. The molecular weight excluding hydrogens is 152 g/mol. The van der Waals surface area contributed by atoms with Crippen LogP contribution >= 0.6 is 0 Å². The van der Waals surface area contributed by atoms with Crippen molar-refractivity contribution in [2.24, 2.45) is 0 Å². The lowest BCUT2D eigenvalue weighted by Gasteiger charge is -2.28. The fourth-order valence-corrected chi connectivity index (χ4v) is 1.45.